The third-order valence-corrected chi connectivity index (χ3v) is 6.22. The maximum absolute atomic E-state index is 4.29. The van der Waals surface area contributed by atoms with Crippen LogP contribution in [-0.2, 0) is 13.5 Å². The highest BCUT2D eigenvalue weighted by atomic mass is 15.2. The summed E-state index contributed by atoms with van der Waals surface area (Å²) in [7, 11) is 4.15. The number of fused-ring (bicyclic) bond motifs is 1. The van der Waals surface area contributed by atoms with Crippen LogP contribution >= 0.6 is 0 Å². The molecule has 1 atom stereocenters. The van der Waals surface area contributed by atoms with Crippen LogP contribution in [0.3, 0.4) is 0 Å². The number of rotatable bonds is 7. The first-order valence-corrected chi connectivity index (χ1v) is 12.0. The average Bonchev–Trinajstić information content (AvgIpc) is 3.24. The van der Waals surface area contributed by atoms with Crippen molar-refractivity contribution in [1.82, 2.24) is 9.78 Å². The Bertz CT molecular complexity index is 907. The van der Waals surface area contributed by atoms with Gasteiger partial charge in [-0.05, 0) is 35.2 Å². The molecule has 166 valence electrons. The first-order valence-electron chi connectivity index (χ1n) is 12.0. The molecule has 0 fully saturated rings. The number of benzene rings is 2. The van der Waals surface area contributed by atoms with Gasteiger partial charge >= 0.3 is 0 Å². The van der Waals surface area contributed by atoms with Crippen LogP contribution < -0.4 is 4.90 Å². The van der Waals surface area contributed by atoms with E-state index in [1.165, 1.54) is 66.5 Å². The lowest BCUT2D eigenvalue weighted by atomic mass is 9.86. The van der Waals surface area contributed by atoms with Gasteiger partial charge in [-0.1, -0.05) is 88.8 Å². The van der Waals surface area contributed by atoms with Crippen molar-refractivity contribution in [3.8, 4) is 11.1 Å². The number of nitrogens with zero attached hydrogens (tertiary/aromatic N) is 3. The Balaban J connectivity index is 0.000000293. The van der Waals surface area contributed by atoms with Gasteiger partial charge in [-0.3, -0.25) is 4.68 Å². The zero-order valence-corrected chi connectivity index (χ0v) is 19.8. The second kappa shape index (κ2) is 11.7. The molecule has 0 radical (unpaired) electrons. The Morgan fingerprint density at radius 3 is 2.19 bits per heavy atom. The SMILES string of the molecule is CCCCCCCC.CN1CC(c2ccccc2)Cc2cc(-c3cnn(C)c3)ccc21. The largest absolute Gasteiger partial charge is 0.374 e. The molecule has 0 aliphatic carbocycles. The molecule has 0 amide bonds. The van der Waals surface area contributed by atoms with Crippen molar-refractivity contribution in [2.45, 2.75) is 64.7 Å². The summed E-state index contributed by atoms with van der Waals surface area (Å²) < 4.78 is 1.85. The second-order valence-corrected chi connectivity index (χ2v) is 8.85. The molecule has 31 heavy (non-hydrogen) atoms. The van der Waals surface area contributed by atoms with E-state index >= 15 is 0 Å². The van der Waals surface area contributed by atoms with Crippen molar-refractivity contribution >= 4 is 5.69 Å². The molecule has 1 aliphatic rings. The van der Waals surface area contributed by atoms with E-state index in [4.69, 9.17) is 0 Å². The van der Waals surface area contributed by atoms with Crippen molar-refractivity contribution in [2.75, 3.05) is 18.5 Å². The van der Waals surface area contributed by atoms with E-state index in [0.717, 1.165) is 13.0 Å². The third kappa shape index (κ3) is 6.46. The van der Waals surface area contributed by atoms with Crippen molar-refractivity contribution in [3.63, 3.8) is 0 Å². The molecule has 4 rings (SSSR count). The van der Waals surface area contributed by atoms with Crippen LogP contribution in [0.4, 0.5) is 5.69 Å². The minimum Gasteiger partial charge on any atom is -0.374 e. The predicted octanol–water partition coefficient (Wildman–Crippen LogP) is 7.23. The Hall–Kier alpha value is -2.55. The minimum absolute atomic E-state index is 0.554. The summed E-state index contributed by atoms with van der Waals surface area (Å²) in [5.41, 5.74) is 6.63. The van der Waals surface area contributed by atoms with E-state index in [1.807, 2.05) is 17.9 Å². The molecule has 0 saturated carbocycles. The number of anilines is 1. The van der Waals surface area contributed by atoms with Gasteiger partial charge in [-0.25, -0.2) is 0 Å². The summed E-state index contributed by atoms with van der Waals surface area (Å²) in [6.07, 6.45) is 13.6. The molecule has 3 heteroatoms. The number of hydrogen-bond acceptors (Lipinski definition) is 2. The summed E-state index contributed by atoms with van der Waals surface area (Å²) in [5.74, 6) is 0.554. The average molecular weight is 418 g/mol. The van der Waals surface area contributed by atoms with Gasteiger partial charge in [0.25, 0.3) is 0 Å². The summed E-state index contributed by atoms with van der Waals surface area (Å²) in [5, 5.41) is 4.29. The molecule has 3 nitrogen and oxygen atoms in total. The Morgan fingerprint density at radius 1 is 0.871 bits per heavy atom. The van der Waals surface area contributed by atoms with Gasteiger partial charge in [-0.2, -0.15) is 5.10 Å². The van der Waals surface area contributed by atoms with Gasteiger partial charge in [0.15, 0.2) is 0 Å². The first-order chi connectivity index (χ1) is 15.1. The Kier molecular flexibility index (Phi) is 8.75. The van der Waals surface area contributed by atoms with Crippen molar-refractivity contribution in [1.29, 1.82) is 0 Å². The molecule has 2 aromatic carbocycles. The third-order valence-electron chi connectivity index (χ3n) is 6.22. The number of aryl methyl sites for hydroxylation is 1. The van der Waals surface area contributed by atoms with Crippen LogP contribution in [0.15, 0.2) is 60.9 Å². The quantitative estimate of drug-likeness (QED) is 0.378. The number of hydrogen-bond donors (Lipinski definition) is 0. The lowest BCUT2D eigenvalue weighted by Gasteiger charge is -2.34. The second-order valence-electron chi connectivity index (χ2n) is 8.85. The zero-order valence-electron chi connectivity index (χ0n) is 19.8. The van der Waals surface area contributed by atoms with Crippen molar-refractivity contribution in [3.05, 3.63) is 72.1 Å². The van der Waals surface area contributed by atoms with E-state index in [9.17, 15) is 0 Å². The van der Waals surface area contributed by atoms with Crippen LogP contribution in [0.5, 0.6) is 0 Å². The zero-order chi connectivity index (χ0) is 22.1. The number of unbranched alkanes of at least 4 members (excludes halogenated alkanes) is 5. The summed E-state index contributed by atoms with van der Waals surface area (Å²) in [6, 6.07) is 17.6. The molecule has 1 unspecified atom stereocenters. The molecule has 3 aromatic rings. The van der Waals surface area contributed by atoms with Crippen LogP contribution in [0.1, 0.15) is 69.4 Å². The molecule has 2 heterocycles. The van der Waals surface area contributed by atoms with E-state index in [2.05, 4.69) is 85.6 Å². The fraction of sp³-hybridized carbons (Fsp3) is 0.464. The van der Waals surface area contributed by atoms with Gasteiger partial charge in [0.05, 0.1) is 6.20 Å². The summed E-state index contributed by atoms with van der Waals surface area (Å²) in [6.45, 7) is 5.58. The van der Waals surface area contributed by atoms with Crippen LogP contribution in [0, 0.1) is 0 Å². The number of likely N-dealkylation sites (N-methyl/N-ethyl adjacent to an activating group) is 1. The number of aromatic nitrogens is 2. The molecule has 0 bridgehead atoms. The molecule has 1 aliphatic heterocycles. The highest BCUT2D eigenvalue weighted by molar-refractivity contribution is 5.69. The van der Waals surface area contributed by atoms with E-state index in [0.29, 0.717) is 5.92 Å². The Morgan fingerprint density at radius 2 is 1.58 bits per heavy atom. The molecule has 0 N–H and O–H groups in total. The first kappa shape index (κ1) is 23.1. The Labute approximate surface area is 189 Å². The molecule has 0 spiro atoms. The van der Waals surface area contributed by atoms with Gasteiger partial charge in [0.1, 0.15) is 0 Å². The standard InChI is InChI=1S/C20H21N3.C8H18/c1-22-13-18(15-6-4-3-5-7-15)11-17-10-16(8-9-20(17)22)19-12-21-23(2)14-19;1-3-5-7-8-6-4-2/h3-10,12,14,18H,11,13H2,1-2H3;3-8H2,1-2H3. The van der Waals surface area contributed by atoms with Gasteiger partial charge in [0.2, 0.25) is 0 Å². The topological polar surface area (TPSA) is 21.1 Å². The van der Waals surface area contributed by atoms with Crippen LogP contribution in [-0.4, -0.2) is 23.4 Å². The summed E-state index contributed by atoms with van der Waals surface area (Å²) in [4.78, 5) is 2.38. The molecule has 1 aromatic heterocycles. The maximum Gasteiger partial charge on any atom is 0.0568 e. The summed E-state index contributed by atoms with van der Waals surface area (Å²) >= 11 is 0. The van der Waals surface area contributed by atoms with Crippen LogP contribution in [0.25, 0.3) is 11.1 Å². The lowest BCUT2D eigenvalue weighted by Crippen LogP contribution is -2.30. The smallest absolute Gasteiger partial charge is 0.0568 e. The van der Waals surface area contributed by atoms with E-state index in [1.54, 1.807) is 0 Å². The minimum atomic E-state index is 0.554. The molecular weight excluding hydrogens is 378 g/mol. The lowest BCUT2D eigenvalue weighted by molar-refractivity contribution is 0.624. The fourth-order valence-corrected chi connectivity index (χ4v) is 4.43. The van der Waals surface area contributed by atoms with Gasteiger partial charge in [0, 0.05) is 44.0 Å². The van der Waals surface area contributed by atoms with Gasteiger partial charge in [-0.15, -0.1) is 0 Å². The highest BCUT2D eigenvalue weighted by Crippen LogP contribution is 2.36. The normalized spacial score (nSPS) is 15.2. The van der Waals surface area contributed by atoms with E-state index in [-0.39, 0.29) is 0 Å². The van der Waals surface area contributed by atoms with E-state index < -0.39 is 0 Å². The molecule has 0 saturated heterocycles. The van der Waals surface area contributed by atoms with Crippen molar-refractivity contribution < 1.29 is 0 Å². The maximum atomic E-state index is 4.29. The highest BCUT2D eigenvalue weighted by Gasteiger charge is 2.23. The van der Waals surface area contributed by atoms with Gasteiger partial charge < -0.3 is 4.90 Å². The monoisotopic (exact) mass is 417 g/mol. The predicted molar refractivity (Wildman–Crippen MR) is 134 cm³/mol. The van der Waals surface area contributed by atoms with Crippen LogP contribution in [0.2, 0.25) is 0 Å². The van der Waals surface area contributed by atoms with Crippen molar-refractivity contribution in [2.24, 2.45) is 7.05 Å². The fourth-order valence-electron chi connectivity index (χ4n) is 4.43. The molecular formula is C28H39N3.